The van der Waals surface area contributed by atoms with Gasteiger partial charge in [0.05, 0.1) is 19.3 Å². The molecule has 3 rings (SSSR count). The average molecular weight is 565 g/mol. The zero-order valence-corrected chi connectivity index (χ0v) is 22.4. The molecule has 12 heteroatoms. The van der Waals surface area contributed by atoms with Gasteiger partial charge in [-0.05, 0) is 74.7 Å². The molecule has 1 aromatic carbocycles. The molecule has 0 saturated carbocycles. The zero-order valence-electron chi connectivity index (χ0n) is 18.5. The number of esters is 1. The van der Waals surface area contributed by atoms with Crippen LogP contribution in [0.2, 0.25) is 0 Å². The normalized spacial score (nSPS) is 13.9. The van der Waals surface area contributed by atoms with Gasteiger partial charge in [-0.1, -0.05) is 34.8 Å². The second kappa shape index (κ2) is 11.8. The van der Waals surface area contributed by atoms with E-state index in [2.05, 4.69) is 16.0 Å². The van der Waals surface area contributed by atoms with Crippen LogP contribution in [-0.2, 0) is 17.6 Å². The number of carbonyl (C=O) groups excluding carboxylic acids is 2. The van der Waals surface area contributed by atoms with E-state index in [1.807, 2.05) is 0 Å². The number of nitrogens with one attached hydrogen (secondary N) is 3. The highest BCUT2D eigenvalue weighted by Gasteiger charge is 2.35. The smallest absolute Gasteiger partial charge is 0.341 e. The van der Waals surface area contributed by atoms with Crippen LogP contribution in [0.4, 0.5) is 5.00 Å². The third kappa shape index (κ3) is 6.66. The predicted octanol–water partition coefficient (Wildman–Crippen LogP) is 5.22. The highest BCUT2D eigenvalue weighted by Crippen LogP contribution is 2.38. The number of rotatable bonds is 7. The van der Waals surface area contributed by atoms with Gasteiger partial charge in [0.1, 0.15) is 16.9 Å². The minimum absolute atomic E-state index is 0.0792. The summed E-state index contributed by atoms with van der Waals surface area (Å²) in [7, 11) is 1.53. The highest BCUT2D eigenvalue weighted by molar-refractivity contribution is 7.80. The molecule has 1 aliphatic rings. The number of anilines is 1. The lowest BCUT2D eigenvalue weighted by Crippen LogP contribution is -2.56. The fourth-order valence-electron chi connectivity index (χ4n) is 3.50. The molecule has 0 fully saturated rings. The summed E-state index contributed by atoms with van der Waals surface area (Å²) in [6.45, 7) is 2.02. The predicted molar refractivity (Wildman–Crippen MR) is 141 cm³/mol. The van der Waals surface area contributed by atoms with Crippen molar-refractivity contribution in [1.29, 1.82) is 0 Å². The van der Waals surface area contributed by atoms with E-state index in [-0.39, 0.29) is 11.7 Å². The highest BCUT2D eigenvalue weighted by atomic mass is 35.6. The topological polar surface area (TPSA) is 88.7 Å². The number of fused-ring (bicyclic) bond motifs is 1. The number of alkyl halides is 3. The Balaban J connectivity index is 1.76. The van der Waals surface area contributed by atoms with E-state index in [1.165, 1.54) is 18.4 Å². The minimum atomic E-state index is -1.92. The van der Waals surface area contributed by atoms with Gasteiger partial charge in [0.2, 0.25) is 3.79 Å². The minimum Gasteiger partial charge on any atom is -0.497 e. The van der Waals surface area contributed by atoms with Gasteiger partial charge in [-0.15, -0.1) is 11.3 Å². The summed E-state index contributed by atoms with van der Waals surface area (Å²) in [5.41, 5.74) is 1.82. The van der Waals surface area contributed by atoms with Crippen LogP contribution in [0.15, 0.2) is 24.3 Å². The molecular weight excluding hydrogens is 541 g/mol. The first-order chi connectivity index (χ1) is 16.1. The summed E-state index contributed by atoms with van der Waals surface area (Å²) < 4.78 is 8.44. The van der Waals surface area contributed by atoms with Crippen LogP contribution in [0.5, 0.6) is 5.75 Å². The summed E-state index contributed by atoms with van der Waals surface area (Å²) in [4.78, 5) is 26.5. The molecule has 2 aromatic rings. The number of amides is 1. The van der Waals surface area contributed by atoms with Gasteiger partial charge >= 0.3 is 5.97 Å². The maximum atomic E-state index is 12.7. The SMILES string of the molecule is CCOC(=O)c1c(NC(=S)NC(NC(=O)c2ccc(OC)cc2)C(Cl)(Cl)Cl)sc2c1CCCC2. The Morgan fingerprint density at radius 1 is 1.15 bits per heavy atom. The summed E-state index contributed by atoms with van der Waals surface area (Å²) in [6, 6.07) is 6.46. The van der Waals surface area contributed by atoms with Crippen LogP contribution in [0.25, 0.3) is 0 Å². The van der Waals surface area contributed by atoms with Crippen molar-refractivity contribution in [3.63, 3.8) is 0 Å². The molecular formula is C22H24Cl3N3O4S2. The molecule has 1 aliphatic carbocycles. The summed E-state index contributed by atoms with van der Waals surface area (Å²) >= 11 is 25.2. The van der Waals surface area contributed by atoms with Crippen LogP contribution in [0.3, 0.4) is 0 Å². The molecule has 184 valence electrons. The molecule has 0 spiro atoms. The van der Waals surface area contributed by atoms with Gasteiger partial charge in [-0.3, -0.25) is 4.79 Å². The molecule has 0 radical (unpaired) electrons. The maximum Gasteiger partial charge on any atom is 0.341 e. The Labute approximate surface area is 222 Å². The number of hydrogen-bond donors (Lipinski definition) is 3. The first-order valence-corrected chi connectivity index (χ1v) is 12.9. The summed E-state index contributed by atoms with van der Waals surface area (Å²) in [6.07, 6.45) is 2.60. The van der Waals surface area contributed by atoms with Crippen molar-refractivity contribution in [2.24, 2.45) is 0 Å². The van der Waals surface area contributed by atoms with Crippen LogP contribution < -0.4 is 20.7 Å². The van der Waals surface area contributed by atoms with Crippen LogP contribution >= 0.6 is 58.4 Å². The van der Waals surface area contributed by atoms with E-state index in [1.54, 1.807) is 31.2 Å². The number of ether oxygens (including phenoxy) is 2. The largest absolute Gasteiger partial charge is 0.497 e. The Hall–Kier alpha value is -1.78. The number of thiophene rings is 1. The van der Waals surface area contributed by atoms with Crippen molar-refractivity contribution < 1.29 is 19.1 Å². The van der Waals surface area contributed by atoms with E-state index in [0.717, 1.165) is 36.1 Å². The monoisotopic (exact) mass is 563 g/mol. The lowest BCUT2D eigenvalue weighted by atomic mass is 9.95. The third-order valence-electron chi connectivity index (χ3n) is 5.11. The van der Waals surface area contributed by atoms with E-state index in [0.29, 0.717) is 21.9 Å². The van der Waals surface area contributed by atoms with Crippen molar-refractivity contribution >= 4 is 80.3 Å². The van der Waals surface area contributed by atoms with E-state index in [9.17, 15) is 9.59 Å². The average Bonchev–Trinajstić information content (AvgIpc) is 3.15. The molecule has 0 saturated heterocycles. The van der Waals surface area contributed by atoms with Gasteiger partial charge in [-0.2, -0.15) is 0 Å². The number of halogens is 3. The lowest BCUT2D eigenvalue weighted by Gasteiger charge is -2.27. The quantitative estimate of drug-likeness (QED) is 0.184. The second-order valence-corrected chi connectivity index (χ2v) is 11.3. The van der Waals surface area contributed by atoms with Crippen molar-refractivity contribution in [2.75, 3.05) is 19.0 Å². The van der Waals surface area contributed by atoms with Gasteiger partial charge in [-0.25, -0.2) is 4.79 Å². The molecule has 1 atom stereocenters. The Kier molecular flexibility index (Phi) is 9.28. The van der Waals surface area contributed by atoms with Crippen molar-refractivity contribution in [2.45, 2.75) is 42.6 Å². The van der Waals surface area contributed by atoms with Crippen LogP contribution in [0.1, 0.15) is 50.9 Å². The standard InChI is InChI=1S/C22H24Cl3N3O4S2/c1-3-32-19(30)16-14-6-4-5-7-15(14)34-18(16)27-21(33)28-20(22(23,24)25)26-17(29)12-8-10-13(31-2)11-9-12/h8-11,20H,3-7H2,1-2H3,(H,26,29)(H2,27,28,33). The molecule has 7 nitrogen and oxygen atoms in total. The Morgan fingerprint density at radius 2 is 1.82 bits per heavy atom. The molecule has 1 unspecified atom stereocenters. The van der Waals surface area contributed by atoms with Gasteiger partial charge < -0.3 is 25.4 Å². The first kappa shape index (κ1) is 26.8. The van der Waals surface area contributed by atoms with Crippen LogP contribution in [-0.4, -0.2) is 40.7 Å². The Bertz CT molecular complexity index is 1050. The number of thiocarbonyl (C=S) groups is 1. The molecule has 0 aliphatic heterocycles. The van der Waals surface area contributed by atoms with Gasteiger partial charge in [0.15, 0.2) is 5.11 Å². The number of carbonyl (C=O) groups is 2. The molecule has 3 N–H and O–H groups in total. The van der Waals surface area contributed by atoms with Crippen molar-refractivity contribution in [1.82, 2.24) is 10.6 Å². The molecule has 34 heavy (non-hydrogen) atoms. The molecule has 1 heterocycles. The van der Waals surface area contributed by atoms with E-state index < -0.39 is 21.8 Å². The van der Waals surface area contributed by atoms with Crippen molar-refractivity contribution in [3.8, 4) is 5.75 Å². The molecule has 1 amide bonds. The summed E-state index contributed by atoms with van der Waals surface area (Å²) in [5.74, 6) is -0.278. The second-order valence-electron chi connectivity index (χ2n) is 7.41. The maximum absolute atomic E-state index is 12.7. The summed E-state index contributed by atoms with van der Waals surface area (Å²) in [5, 5.41) is 9.13. The van der Waals surface area contributed by atoms with Crippen LogP contribution in [0, 0.1) is 0 Å². The van der Waals surface area contributed by atoms with Gasteiger partial charge in [0, 0.05) is 10.4 Å². The number of aryl methyl sites for hydroxylation is 1. The fraction of sp³-hybridized carbons (Fsp3) is 0.409. The fourth-order valence-corrected chi connectivity index (χ4v) is 5.39. The lowest BCUT2D eigenvalue weighted by molar-refractivity contribution is 0.0526. The van der Waals surface area contributed by atoms with E-state index >= 15 is 0 Å². The third-order valence-corrected chi connectivity index (χ3v) is 7.19. The zero-order chi connectivity index (χ0) is 24.9. The number of benzene rings is 1. The number of hydrogen-bond acceptors (Lipinski definition) is 6. The van der Waals surface area contributed by atoms with E-state index in [4.69, 9.17) is 56.5 Å². The number of methoxy groups -OCH3 is 1. The van der Waals surface area contributed by atoms with Crippen molar-refractivity contribution in [3.05, 3.63) is 45.8 Å². The Morgan fingerprint density at radius 3 is 2.44 bits per heavy atom. The van der Waals surface area contributed by atoms with Gasteiger partial charge in [0.25, 0.3) is 5.91 Å². The molecule has 1 aromatic heterocycles. The molecule has 0 bridgehead atoms. The first-order valence-electron chi connectivity index (χ1n) is 10.5.